The van der Waals surface area contributed by atoms with E-state index < -0.39 is 0 Å². The van der Waals surface area contributed by atoms with Crippen molar-refractivity contribution in [1.82, 2.24) is 0 Å². The van der Waals surface area contributed by atoms with E-state index in [9.17, 15) is 0 Å². The Bertz CT molecular complexity index is 445. The summed E-state index contributed by atoms with van der Waals surface area (Å²) in [5, 5.41) is 0. The van der Waals surface area contributed by atoms with Gasteiger partial charge in [-0.25, -0.2) is 0 Å². The minimum absolute atomic E-state index is 0.0567. The molecule has 0 rings (SSSR count). The molecule has 0 spiro atoms. The monoisotopic (exact) mass is 402 g/mol. The fraction of sp³-hybridized carbons (Fsp3) is 1.00. The van der Waals surface area contributed by atoms with Crippen LogP contribution in [-0.2, 0) is 14.2 Å². The smallest absolute Gasteiger partial charge is 0.0699 e. The molecule has 5 heteroatoms. The van der Waals surface area contributed by atoms with Gasteiger partial charge < -0.3 is 25.7 Å². The lowest BCUT2D eigenvalue weighted by Gasteiger charge is -2.47. The highest BCUT2D eigenvalue weighted by Crippen LogP contribution is 2.42. The SMILES string of the molecule is CC(N)CC(C)OC(C)CC(C)(C)C(C)(C)OCC(C)(C)C(C)(C)OCCN. The maximum atomic E-state index is 6.51. The first kappa shape index (κ1) is 27.8. The summed E-state index contributed by atoms with van der Waals surface area (Å²) < 4.78 is 18.7. The predicted octanol–water partition coefficient (Wildman–Crippen LogP) is 4.51. The van der Waals surface area contributed by atoms with E-state index in [2.05, 4.69) is 69.2 Å². The van der Waals surface area contributed by atoms with Gasteiger partial charge in [0.2, 0.25) is 0 Å². The third-order valence-electron chi connectivity index (χ3n) is 6.60. The Morgan fingerprint density at radius 1 is 0.750 bits per heavy atom. The Kier molecular flexibility index (Phi) is 10.6. The zero-order valence-electron chi connectivity index (χ0n) is 20.6. The van der Waals surface area contributed by atoms with E-state index in [1.807, 2.05) is 6.92 Å². The van der Waals surface area contributed by atoms with Gasteiger partial charge in [-0.15, -0.1) is 0 Å². The predicted molar refractivity (Wildman–Crippen MR) is 120 cm³/mol. The molecule has 0 bridgehead atoms. The number of nitrogens with two attached hydrogens (primary N) is 2. The first-order valence-electron chi connectivity index (χ1n) is 10.9. The minimum Gasteiger partial charge on any atom is -0.375 e. The molecule has 0 aromatic carbocycles. The molecule has 0 radical (unpaired) electrons. The highest BCUT2D eigenvalue weighted by atomic mass is 16.5. The Hall–Kier alpha value is -0.200. The van der Waals surface area contributed by atoms with Crippen molar-refractivity contribution >= 4 is 0 Å². The number of rotatable bonds is 14. The maximum absolute atomic E-state index is 6.51. The van der Waals surface area contributed by atoms with Gasteiger partial charge in [0, 0.05) is 18.0 Å². The Morgan fingerprint density at radius 2 is 1.25 bits per heavy atom. The third-order valence-corrected chi connectivity index (χ3v) is 6.60. The first-order chi connectivity index (χ1) is 12.5. The van der Waals surface area contributed by atoms with E-state index in [4.69, 9.17) is 25.7 Å². The van der Waals surface area contributed by atoms with Crippen LogP contribution in [0.5, 0.6) is 0 Å². The van der Waals surface area contributed by atoms with Crippen molar-refractivity contribution in [3.63, 3.8) is 0 Å². The van der Waals surface area contributed by atoms with Crippen LogP contribution in [0, 0.1) is 10.8 Å². The zero-order chi connectivity index (χ0) is 22.4. The van der Waals surface area contributed by atoms with Gasteiger partial charge in [-0.05, 0) is 66.7 Å². The summed E-state index contributed by atoms with van der Waals surface area (Å²) >= 11 is 0. The van der Waals surface area contributed by atoms with Crippen molar-refractivity contribution in [1.29, 1.82) is 0 Å². The van der Waals surface area contributed by atoms with E-state index in [1.54, 1.807) is 0 Å². The number of ether oxygens (including phenoxy) is 3. The first-order valence-corrected chi connectivity index (χ1v) is 10.9. The van der Waals surface area contributed by atoms with E-state index in [0.717, 1.165) is 12.8 Å². The van der Waals surface area contributed by atoms with Crippen molar-refractivity contribution < 1.29 is 14.2 Å². The second-order valence-corrected chi connectivity index (χ2v) is 10.9. The summed E-state index contributed by atoms with van der Waals surface area (Å²) in [4.78, 5) is 0. The highest BCUT2D eigenvalue weighted by molar-refractivity contribution is 4.93. The molecule has 0 fully saturated rings. The third kappa shape index (κ3) is 8.66. The quantitative estimate of drug-likeness (QED) is 0.447. The van der Waals surface area contributed by atoms with Gasteiger partial charge in [0.1, 0.15) is 0 Å². The maximum Gasteiger partial charge on any atom is 0.0699 e. The van der Waals surface area contributed by atoms with Gasteiger partial charge in [0.05, 0.1) is 36.6 Å². The van der Waals surface area contributed by atoms with E-state index in [-0.39, 0.29) is 40.3 Å². The summed E-state index contributed by atoms with van der Waals surface area (Å²) in [6.45, 7) is 25.4. The fourth-order valence-corrected chi connectivity index (χ4v) is 3.23. The highest BCUT2D eigenvalue weighted by Gasteiger charge is 2.44. The van der Waals surface area contributed by atoms with E-state index in [0.29, 0.717) is 19.8 Å². The van der Waals surface area contributed by atoms with Crippen LogP contribution in [0.15, 0.2) is 0 Å². The van der Waals surface area contributed by atoms with Crippen LogP contribution in [-0.4, -0.2) is 49.2 Å². The van der Waals surface area contributed by atoms with Crippen molar-refractivity contribution in [3.05, 3.63) is 0 Å². The molecule has 5 nitrogen and oxygen atoms in total. The second kappa shape index (κ2) is 10.7. The normalized spacial score (nSPS) is 17.5. The standard InChI is InChI=1S/C23H50N2O3/c1-17(25)14-18(2)28-19(3)15-20(4,5)22(8,9)27-16-21(6,7)23(10,11)26-13-12-24/h17-19H,12-16,24-25H2,1-11H3. The van der Waals surface area contributed by atoms with Gasteiger partial charge in [-0.3, -0.25) is 0 Å². The van der Waals surface area contributed by atoms with Gasteiger partial charge in [-0.2, -0.15) is 0 Å². The minimum atomic E-state index is -0.322. The summed E-state index contributed by atoms with van der Waals surface area (Å²) in [6.07, 6.45) is 2.09. The zero-order valence-corrected chi connectivity index (χ0v) is 20.6. The molecule has 0 saturated heterocycles. The van der Waals surface area contributed by atoms with Gasteiger partial charge in [-0.1, -0.05) is 27.7 Å². The summed E-state index contributed by atoms with van der Waals surface area (Å²) in [6, 6.07) is 0.155. The average Bonchev–Trinajstić information content (AvgIpc) is 2.49. The van der Waals surface area contributed by atoms with Crippen molar-refractivity contribution in [2.75, 3.05) is 19.8 Å². The molecule has 0 aliphatic rings. The molecule has 4 N–H and O–H groups in total. The van der Waals surface area contributed by atoms with Crippen LogP contribution in [0.3, 0.4) is 0 Å². The summed E-state index contributed by atoms with van der Waals surface area (Å²) in [5.41, 5.74) is 10.7. The Balaban J connectivity index is 4.92. The lowest BCUT2D eigenvalue weighted by Crippen LogP contribution is -2.50. The van der Waals surface area contributed by atoms with E-state index >= 15 is 0 Å². The van der Waals surface area contributed by atoms with Crippen molar-refractivity contribution in [3.8, 4) is 0 Å². The molecule has 28 heavy (non-hydrogen) atoms. The molecule has 3 unspecified atom stereocenters. The van der Waals surface area contributed by atoms with Crippen LogP contribution in [0.25, 0.3) is 0 Å². The summed E-state index contributed by atoms with van der Waals surface area (Å²) in [7, 11) is 0. The van der Waals surface area contributed by atoms with Gasteiger partial charge in [0.15, 0.2) is 0 Å². The lowest BCUT2D eigenvalue weighted by atomic mass is 9.72. The molecule has 0 aliphatic carbocycles. The average molecular weight is 403 g/mol. The molecule has 3 atom stereocenters. The van der Waals surface area contributed by atoms with E-state index in [1.165, 1.54) is 0 Å². The second-order valence-electron chi connectivity index (χ2n) is 10.9. The molecular weight excluding hydrogens is 352 g/mol. The molecular formula is C23H50N2O3. The lowest BCUT2D eigenvalue weighted by molar-refractivity contribution is -0.177. The number of hydrogen-bond donors (Lipinski definition) is 2. The van der Waals surface area contributed by atoms with Gasteiger partial charge >= 0.3 is 0 Å². The van der Waals surface area contributed by atoms with Crippen molar-refractivity contribution in [2.24, 2.45) is 22.3 Å². The Labute approximate surface area is 175 Å². The van der Waals surface area contributed by atoms with Crippen LogP contribution in [0.4, 0.5) is 0 Å². The van der Waals surface area contributed by atoms with Crippen LogP contribution in [0.1, 0.15) is 89.0 Å². The topological polar surface area (TPSA) is 79.7 Å². The molecule has 0 amide bonds. The molecule has 0 aromatic heterocycles. The number of hydrogen-bond acceptors (Lipinski definition) is 5. The summed E-state index contributed by atoms with van der Waals surface area (Å²) in [5.74, 6) is 0. The van der Waals surface area contributed by atoms with Crippen molar-refractivity contribution in [2.45, 2.75) is 118 Å². The molecule has 0 aliphatic heterocycles. The molecule has 170 valence electrons. The van der Waals surface area contributed by atoms with Crippen LogP contribution >= 0.6 is 0 Å². The largest absolute Gasteiger partial charge is 0.375 e. The van der Waals surface area contributed by atoms with Crippen LogP contribution < -0.4 is 11.5 Å². The van der Waals surface area contributed by atoms with Crippen LogP contribution in [0.2, 0.25) is 0 Å². The molecule has 0 heterocycles. The fourth-order valence-electron chi connectivity index (χ4n) is 3.23. The Morgan fingerprint density at radius 3 is 1.71 bits per heavy atom. The van der Waals surface area contributed by atoms with Gasteiger partial charge in [0.25, 0.3) is 0 Å². The molecule has 0 saturated carbocycles. The molecule has 0 aromatic rings.